The number of ether oxygens (including phenoxy) is 2. The summed E-state index contributed by atoms with van der Waals surface area (Å²) in [4.78, 5) is 37.7. The molecule has 158 valence electrons. The Morgan fingerprint density at radius 1 is 1.24 bits per heavy atom. The number of amides is 2. The molecule has 1 aromatic carbocycles. The van der Waals surface area contributed by atoms with Crippen molar-refractivity contribution in [3.63, 3.8) is 0 Å². The number of hydrogen-bond acceptors (Lipinski definition) is 5. The lowest BCUT2D eigenvalue weighted by molar-refractivity contribution is -0.152. The molecule has 2 fully saturated rings. The molecule has 3 rings (SSSR count). The quantitative estimate of drug-likeness (QED) is 0.650. The minimum atomic E-state index is -0.431. The van der Waals surface area contributed by atoms with E-state index in [-0.39, 0.29) is 19.1 Å². The van der Waals surface area contributed by atoms with E-state index in [4.69, 9.17) is 21.1 Å². The largest absolute Gasteiger partial charge is 0.495 e. The Kier molecular flexibility index (Phi) is 7.00. The summed E-state index contributed by atoms with van der Waals surface area (Å²) in [6.45, 7) is -0.539. The molecule has 0 heterocycles. The zero-order valence-corrected chi connectivity index (χ0v) is 17.5. The van der Waals surface area contributed by atoms with Gasteiger partial charge in [0.05, 0.1) is 19.3 Å². The van der Waals surface area contributed by atoms with Crippen LogP contribution in [0.2, 0.25) is 5.02 Å². The Bertz CT molecular complexity index is 784. The number of benzene rings is 1. The van der Waals surface area contributed by atoms with Gasteiger partial charge in [-0.1, -0.05) is 18.0 Å². The number of anilines is 1. The fourth-order valence-corrected chi connectivity index (χ4v) is 4.60. The number of likely N-dealkylation sites (N-methyl/N-ethyl adjacent to an activating group) is 1. The number of carbonyl (C=O) groups is 3. The van der Waals surface area contributed by atoms with Crippen LogP contribution in [0, 0.1) is 17.8 Å². The highest BCUT2D eigenvalue weighted by Crippen LogP contribution is 2.49. The summed E-state index contributed by atoms with van der Waals surface area (Å²) < 4.78 is 10.3. The molecule has 2 saturated carbocycles. The Morgan fingerprint density at radius 2 is 2.03 bits per heavy atom. The zero-order valence-electron chi connectivity index (χ0n) is 16.8. The van der Waals surface area contributed by atoms with Gasteiger partial charge < -0.3 is 19.7 Å². The zero-order chi connectivity index (χ0) is 21.0. The Labute approximate surface area is 175 Å². The van der Waals surface area contributed by atoms with Crippen LogP contribution in [-0.4, -0.2) is 50.0 Å². The van der Waals surface area contributed by atoms with Crippen molar-refractivity contribution < 1.29 is 23.9 Å². The van der Waals surface area contributed by atoms with E-state index < -0.39 is 11.8 Å². The number of esters is 1. The van der Waals surface area contributed by atoms with Gasteiger partial charge in [-0.3, -0.25) is 14.4 Å². The average molecular weight is 423 g/mol. The lowest BCUT2D eigenvalue weighted by Gasteiger charge is -2.21. The first-order valence-electron chi connectivity index (χ1n) is 9.88. The molecule has 29 heavy (non-hydrogen) atoms. The van der Waals surface area contributed by atoms with E-state index in [0.717, 1.165) is 12.3 Å². The van der Waals surface area contributed by atoms with E-state index >= 15 is 0 Å². The summed E-state index contributed by atoms with van der Waals surface area (Å²) in [6, 6.07) is 4.86. The molecule has 3 atom stereocenters. The van der Waals surface area contributed by atoms with Crippen molar-refractivity contribution in [3.05, 3.63) is 23.2 Å². The van der Waals surface area contributed by atoms with E-state index in [1.807, 2.05) is 0 Å². The number of carbonyl (C=O) groups excluding carboxylic acids is 3. The molecule has 2 aliphatic rings. The van der Waals surface area contributed by atoms with Crippen LogP contribution in [0.5, 0.6) is 5.75 Å². The molecule has 2 bridgehead atoms. The molecule has 0 spiro atoms. The van der Waals surface area contributed by atoms with Gasteiger partial charge in [0.15, 0.2) is 6.61 Å². The molecule has 7 nitrogen and oxygen atoms in total. The van der Waals surface area contributed by atoms with Crippen molar-refractivity contribution >= 4 is 35.1 Å². The second-order valence-electron chi connectivity index (χ2n) is 7.94. The third-order valence-electron chi connectivity index (χ3n) is 5.91. The minimum Gasteiger partial charge on any atom is -0.495 e. The van der Waals surface area contributed by atoms with Crippen LogP contribution in [0.15, 0.2) is 18.2 Å². The summed E-state index contributed by atoms with van der Waals surface area (Å²) in [5.41, 5.74) is 0.420. The second kappa shape index (κ2) is 9.48. The molecule has 8 heteroatoms. The number of fused-ring (bicyclic) bond motifs is 2. The van der Waals surface area contributed by atoms with Gasteiger partial charge in [-0.15, -0.1) is 0 Å². The molecule has 0 saturated heterocycles. The normalized spacial score (nSPS) is 22.2. The third-order valence-corrected chi connectivity index (χ3v) is 6.15. The summed E-state index contributed by atoms with van der Waals surface area (Å²) in [6.07, 6.45) is 5.19. The van der Waals surface area contributed by atoms with Gasteiger partial charge in [-0.05, 0) is 55.2 Å². The summed E-state index contributed by atoms with van der Waals surface area (Å²) in [7, 11) is 2.97. The maximum Gasteiger partial charge on any atom is 0.306 e. The number of hydrogen-bond donors (Lipinski definition) is 1. The topological polar surface area (TPSA) is 84.9 Å². The van der Waals surface area contributed by atoms with Crippen LogP contribution in [0.25, 0.3) is 0 Å². The van der Waals surface area contributed by atoms with Gasteiger partial charge in [-0.2, -0.15) is 0 Å². The molecular formula is C21H27ClN2O5. The van der Waals surface area contributed by atoms with E-state index in [2.05, 4.69) is 5.32 Å². The predicted octanol–water partition coefficient (Wildman–Crippen LogP) is 3.12. The number of nitrogens with zero attached hydrogens (tertiary/aromatic N) is 1. The first kappa shape index (κ1) is 21.4. The lowest BCUT2D eigenvalue weighted by Crippen LogP contribution is -2.37. The predicted molar refractivity (Wildman–Crippen MR) is 109 cm³/mol. The minimum absolute atomic E-state index is 0.182. The van der Waals surface area contributed by atoms with Crippen molar-refractivity contribution in [2.45, 2.75) is 32.1 Å². The van der Waals surface area contributed by atoms with Crippen LogP contribution in [0.4, 0.5) is 5.69 Å². The smallest absolute Gasteiger partial charge is 0.306 e. The van der Waals surface area contributed by atoms with E-state index in [0.29, 0.717) is 34.7 Å². The maximum absolute atomic E-state index is 12.2. The number of rotatable bonds is 8. The summed E-state index contributed by atoms with van der Waals surface area (Å²) >= 11 is 5.95. The first-order chi connectivity index (χ1) is 13.9. The highest BCUT2D eigenvalue weighted by molar-refractivity contribution is 6.31. The van der Waals surface area contributed by atoms with Crippen LogP contribution < -0.4 is 10.1 Å². The van der Waals surface area contributed by atoms with Gasteiger partial charge >= 0.3 is 5.97 Å². The summed E-state index contributed by atoms with van der Waals surface area (Å²) in [5.74, 6) is 1.09. The molecule has 0 radical (unpaired) electrons. The Morgan fingerprint density at radius 3 is 2.69 bits per heavy atom. The molecule has 0 aromatic heterocycles. The van der Waals surface area contributed by atoms with Crippen LogP contribution in [-0.2, 0) is 19.1 Å². The van der Waals surface area contributed by atoms with Gasteiger partial charge in [0.1, 0.15) is 5.75 Å². The number of nitrogens with one attached hydrogen (secondary N) is 1. The van der Waals surface area contributed by atoms with Crippen molar-refractivity contribution in [1.82, 2.24) is 4.90 Å². The average Bonchev–Trinajstić information content (AvgIpc) is 3.29. The highest BCUT2D eigenvalue weighted by Gasteiger charge is 2.40. The number of halogens is 1. The van der Waals surface area contributed by atoms with Crippen molar-refractivity contribution in [2.75, 3.05) is 32.6 Å². The van der Waals surface area contributed by atoms with Crippen molar-refractivity contribution in [3.8, 4) is 5.75 Å². The molecule has 2 aliphatic carbocycles. The van der Waals surface area contributed by atoms with E-state index in [1.54, 1.807) is 18.2 Å². The van der Waals surface area contributed by atoms with E-state index in [1.165, 1.54) is 38.3 Å². The third kappa shape index (κ3) is 5.63. The first-order valence-corrected chi connectivity index (χ1v) is 10.3. The second-order valence-corrected chi connectivity index (χ2v) is 8.38. The molecule has 1 aromatic rings. The van der Waals surface area contributed by atoms with Gasteiger partial charge in [0, 0.05) is 18.5 Å². The van der Waals surface area contributed by atoms with Crippen LogP contribution in [0.3, 0.4) is 0 Å². The van der Waals surface area contributed by atoms with Crippen LogP contribution >= 0.6 is 11.6 Å². The Balaban J connectivity index is 1.41. The van der Waals surface area contributed by atoms with Gasteiger partial charge in [0.2, 0.25) is 5.91 Å². The molecular weight excluding hydrogens is 396 g/mol. The fourth-order valence-electron chi connectivity index (χ4n) is 4.42. The van der Waals surface area contributed by atoms with Gasteiger partial charge in [0.25, 0.3) is 5.91 Å². The van der Waals surface area contributed by atoms with Crippen molar-refractivity contribution in [1.29, 1.82) is 0 Å². The monoisotopic (exact) mass is 422 g/mol. The Hall–Kier alpha value is -2.28. The van der Waals surface area contributed by atoms with Gasteiger partial charge in [-0.25, -0.2) is 0 Å². The lowest BCUT2D eigenvalue weighted by atomic mass is 9.86. The molecule has 1 N–H and O–H groups in total. The maximum atomic E-state index is 12.2. The molecule has 0 aliphatic heterocycles. The molecule has 0 unspecified atom stereocenters. The van der Waals surface area contributed by atoms with Crippen molar-refractivity contribution in [2.24, 2.45) is 17.8 Å². The van der Waals surface area contributed by atoms with E-state index in [9.17, 15) is 14.4 Å². The number of methoxy groups -OCH3 is 1. The SMILES string of the molecule is COc1ccc(Cl)cc1NC(=O)CN(C)C(=O)COC(=O)C[C@H]1C[C@@H]2CC[C@@H]1C2. The van der Waals surface area contributed by atoms with Crippen LogP contribution in [0.1, 0.15) is 32.1 Å². The molecule has 2 amide bonds. The standard InChI is InChI=1S/C21H27ClN2O5/c1-24(11-19(25)23-17-10-16(22)5-6-18(17)28-2)20(26)12-29-21(27)9-15-8-13-3-4-14(15)7-13/h5-6,10,13-15H,3-4,7-9,11-12H2,1-2H3,(H,23,25)/t13-,14-,15-/m1/s1. The highest BCUT2D eigenvalue weighted by atomic mass is 35.5. The summed E-state index contributed by atoms with van der Waals surface area (Å²) in [5, 5.41) is 3.12. The fraction of sp³-hybridized carbons (Fsp3) is 0.571.